The average molecular weight is 565 g/mol. The van der Waals surface area contributed by atoms with Crippen LogP contribution in [0.1, 0.15) is 34.2 Å². The number of benzene rings is 4. The van der Waals surface area contributed by atoms with Crippen LogP contribution in [0, 0.1) is 0 Å². The van der Waals surface area contributed by atoms with Crippen LogP contribution in [-0.2, 0) is 29.1 Å². The minimum absolute atomic E-state index is 0.156. The van der Waals surface area contributed by atoms with E-state index in [0.717, 1.165) is 37.2 Å². The predicted molar refractivity (Wildman–Crippen MR) is 166 cm³/mol. The van der Waals surface area contributed by atoms with Crippen molar-refractivity contribution in [3.8, 4) is 22.6 Å². The molecule has 40 heavy (non-hydrogen) atoms. The Hall–Kier alpha value is -3.86. The second-order valence-electron chi connectivity index (χ2n) is 10.2. The quantitative estimate of drug-likeness (QED) is 0.249. The van der Waals surface area contributed by atoms with Crippen molar-refractivity contribution in [3.63, 3.8) is 0 Å². The number of allylic oxidation sites excluding steroid dienone is 3. The van der Waals surface area contributed by atoms with Gasteiger partial charge in [-0.3, -0.25) is 0 Å². The minimum Gasteiger partial charge on any atom is -0.457 e. The summed E-state index contributed by atoms with van der Waals surface area (Å²) in [5, 5.41) is 1.93. The first-order valence-electron chi connectivity index (χ1n) is 13.5. The van der Waals surface area contributed by atoms with Gasteiger partial charge in [0.15, 0.2) is 9.84 Å². The van der Waals surface area contributed by atoms with Gasteiger partial charge in [-0.05, 0) is 107 Å². The highest BCUT2D eigenvalue weighted by Crippen LogP contribution is 2.40. The second kappa shape index (κ2) is 11.3. The van der Waals surface area contributed by atoms with Crippen molar-refractivity contribution in [2.45, 2.75) is 25.7 Å². The smallest absolute Gasteiger partial charge is 0.175 e. The molecule has 1 aliphatic heterocycles. The van der Waals surface area contributed by atoms with Crippen molar-refractivity contribution in [1.82, 2.24) is 0 Å². The monoisotopic (exact) mass is 564 g/mol. The molecule has 0 saturated heterocycles. The molecule has 0 unspecified atom stereocenters. The van der Waals surface area contributed by atoms with Gasteiger partial charge in [0, 0.05) is 10.4 Å². The molecule has 3 aliphatic rings. The molecule has 3 nitrogen and oxygen atoms in total. The van der Waals surface area contributed by atoms with Crippen LogP contribution in [0.4, 0.5) is 0 Å². The van der Waals surface area contributed by atoms with E-state index >= 15 is 0 Å². The third-order valence-corrected chi connectivity index (χ3v) is 9.01. The Morgan fingerprint density at radius 1 is 0.675 bits per heavy atom. The van der Waals surface area contributed by atoms with Crippen LogP contribution in [0.3, 0.4) is 0 Å². The predicted octanol–water partition coefficient (Wildman–Crippen LogP) is 8.87. The lowest BCUT2D eigenvalue weighted by atomic mass is 9.78. The van der Waals surface area contributed by atoms with E-state index in [1.54, 1.807) is 23.3 Å². The fourth-order valence-corrected chi connectivity index (χ4v) is 6.50. The summed E-state index contributed by atoms with van der Waals surface area (Å²) in [6, 6.07) is 29.4. The molecule has 0 fully saturated rings. The van der Waals surface area contributed by atoms with Crippen LogP contribution in [0.25, 0.3) is 22.8 Å². The van der Waals surface area contributed by atoms with Gasteiger partial charge < -0.3 is 4.74 Å². The number of hydrogen-bond donors (Lipinski definition) is 0. The van der Waals surface area contributed by atoms with Crippen molar-refractivity contribution in [1.29, 1.82) is 0 Å². The summed E-state index contributed by atoms with van der Waals surface area (Å²) in [6.45, 7) is 0. The summed E-state index contributed by atoms with van der Waals surface area (Å²) in [5.74, 6) is 1.78. The topological polar surface area (TPSA) is 43.4 Å². The van der Waals surface area contributed by atoms with Gasteiger partial charge in [-0.1, -0.05) is 84.4 Å². The third-order valence-electron chi connectivity index (χ3n) is 7.53. The van der Waals surface area contributed by atoms with Crippen molar-refractivity contribution in [2.24, 2.45) is 0 Å². The summed E-state index contributed by atoms with van der Waals surface area (Å²) in [4.78, 5) is 0. The molecule has 0 aromatic heterocycles. The van der Waals surface area contributed by atoms with Gasteiger partial charge in [0.2, 0.25) is 0 Å². The average Bonchev–Trinajstić information content (AvgIpc) is 2.98. The van der Waals surface area contributed by atoms with E-state index in [2.05, 4.69) is 54.6 Å². The third kappa shape index (κ3) is 5.84. The number of rotatable bonds is 3. The lowest BCUT2D eigenvalue weighted by Gasteiger charge is -2.26. The van der Waals surface area contributed by atoms with E-state index in [4.69, 9.17) is 16.3 Å². The summed E-state index contributed by atoms with van der Waals surface area (Å²) in [6.07, 6.45) is 11.7. The van der Waals surface area contributed by atoms with Crippen LogP contribution in [0.5, 0.6) is 11.5 Å². The Bertz CT molecular complexity index is 1750. The highest BCUT2D eigenvalue weighted by atomic mass is 35.5. The first-order valence-corrected chi connectivity index (χ1v) is 15.6. The fourth-order valence-electron chi connectivity index (χ4n) is 5.55. The molecular formula is C35H29ClO3S. The molecule has 4 aromatic rings. The van der Waals surface area contributed by atoms with Gasteiger partial charge in [0.05, 0.1) is 5.75 Å². The van der Waals surface area contributed by atoms with E-state index in [1.807, 2.05) is 36.4 Å². The van der Waals surface area contributed by atoms with Gasteiger partial charge >= 0.3 is 0 Å². The number of aryl methyl sites for hydroxylation is 1. The first-order chi connectivity index (χ1) is 19.4. The highest BCUT2D eigenvalue weighted by molar-refractivity contribution is 7.94. The SMILES string of the molecule is Clc1ccc(Oc2ccc(C3=Cc4ccc5c(c4CC3)CCc3ccccc3-5)cc2)cc1.O=S1(=O)C=CC=CC1. The molecule has 4 aromatic carbocycles. The summed E-state index contributed by atoms with van der Waals surface area (Å²) in [5.41, 5.74) is 11.5. The van der Waals surface area contributed by atoms with Crippen LogP contribution in [0.2, 0.25) is 5.02 Å². The van der Waals surface area contributed by atoms with Crippen LogP contribution >= 0.6 is 11.6 Å². The van der Waals surface area contributed by atoms with Gasteiger partial charge in [0.1, 0.15) is 11.5 Å². The molecule has 0 bridgehead atoms. The molecule has 0 amide bonds. The first kappa shape index (κ1) is 26.4. The van der Waals surface area contributed by atoms with E-state index in [1.165, 1.54) is 44.9 Å². The number of halogens is 1. The largest absolute Gasteiger partial charge is 0.457 e. The highest BCUT2D eigenvalue weighted by Gasteiger charge is 2.22. The molecule has 0 radical (unpaired) electrons. The number of sulfone groups is 1. The Morgan fingerprint density at radius 3 is 2.10 bits per heavy atom. The zero-order chi connectivity index (χ0) is 27.5. The Labute approximate surface area is 241 Å². The Morgan fingerprint density at radius 2 is 1.40 bits per heavy atom. The van der Waals surface area contributed by atoms with Gasteiger partial charge in [-0.15, -0.1) is 0 Å². The molecule has 1 heterocycles. The minimum atomic E-state index is -2.85. The molecular weight excluding hydrogens is 536 g/mol. The Balaban J connectivity index is 0.000000313. The van der Waals surface area contributed by atoms with Crippen molar-refractivity contribution >= 4 is 33.1 Å². The van der Waals surface area contributed by atoms with Gasteiger partial charge in [-0.2, -0.15) is 0 Å². The normalized spacial score (nSPS) is 16.0. The number of hydrogen-bond acceptors (Lipinski definition) is 3. The standard InChI is InChI=1S/C30H23ClO.C5H6O2S/c31-24-10-14-26(15-11-24)32-25-12-5-20(6-13-25)22-8-16-28-23(19-22)9-18-29-27-4-2-1-3-21(27)7-17-30(28)29;6-8(7)4-2-1-3-5-8/h1-6,9-15,18-19H,7-8,16-17H2;1-4H,5H2. The lowest BCUT2D eigenvalue weighted by Crippen LogP contribution is -2.10. The van der Waals surface area contributed by atoms with Gasteiger partial charge in [-0.25, -0.2) is 8.42 Å². The maximum absolute atomic E-state index is 10.5. The molecule has 200 valence electrons. The van der Waals surface area contributed by atoms with Crippen LogP contribution < -0.4 is 4.74 Å². The van der Waals surface area contributed by atoms with E-state index in [9.17, 15) is 8.42 Å². The molecule has 0 spiro atoms. The maximum atomic E-state index is 10.5. The molecule has 5 heteroatoms. The van der Waals surface area contributed by atoms with Crippen LogP contribution in [-0.4, -0.2) is 14.2 Å². The summed E-state index contributed by atoms with van der Waals surface area (Å²) in [7, 11) is -2.85. The molecule has 2 aliphatic carbocycles. The zero-order valence-corrected chi connectivity index (χ0v) is 23.6. The van der Waals surface area contributed by atoms with Crippen LogP contribution in [0.15, 0.2) is 109 Å². The zero-order valence-electron chi connectivity index (χ0n) is 22.0. The van der Waals surface area contributed by atoms with E-state index in [0.29, 0.717) is 5.02 Å². The second-order valence-corrected chi connectivity index (χ2v) is 12.5. The maximum Gasteiger partial charge on any atom is 0.175 e. The Kier molecular flexibility index (Phi) is 7.46. The molecule has 0 N–H and O–H groups in total. The van der Waals surface area contributed by atoms with Crippen molar-refractivity contribution < 1.29 is 13.2 Å². The molecule has 0 atom stereocenters. The van der Waals surface area contributed by atoms with E-state index in [-0.39, 0.29) is 5.75 Å². The molecule has 7 rings (SSSR count). The number of fused-ring (bicyclic) bond motifs is 5. The molecule has 0 saturated carbocycles. The summed E-state index contributed by atoms with van der Waals surface area (Å²) < 4.78 is 27.0. The van der Waals surface area contributed by atoms with Crippen molar-refractivity contribution in [2.75, 3.05) is 5.75 Å². The van der Waals surface area contributed by atoms with Gasteiger partial charge in [0.25, 0.3) is 0 Å². The van der Waals surface area contributed by atoms with E-state index < -0.39 is 9.84 Å². The fraction of sp³-hybridized carbons (Fsp3) is 0.143. The number of ether oxygens (including phenoxy) is 1. The van der Waals surface area contributed by atoms with Crippen molar-refractivity contribution in [3.05, 3.63) is 141 Å². The summed E-state index contributed by atoms with van der Waals surface area (Å²) >= 11 is 5.96. The lowest BCUT2D eigenvalue weighted by molar-refractivity contribution is 0.482.